The predicted molar refractivity (Wildman–Crippen MR) is 45.0 cm³/mol. The highest BCUT2D eigenvalue weighted by molar-refractivity contribution is 5.19. The molecule has 13 heavy (non-hydrogen) atoms. The van der Waals surface area contributed by atoms with Crippen molar-refractivity contribution in [2.45, 2.75) is 19.0 Å². The van der Waals surface area contributed by atoms with Gasteiger partial charge in [-0.15, -0.1) is 5.10 Å². The number of nitrogens with two attached hydrogens (primary N) is 1. The average molecular weight is 184 g/mol. The van der Waals surface area contributed by atoms with Gasteiger partial charge in [0.1, 0.15) is 0 Å². The van der Waals surface area contributed by atoms with E-state index in [1.165, 1.54) is 0 Å². The highest BCUT2D eigenvalue weighted by Crippen LogP contribution is 2.11. The molecule has 2 rings (SSSR count). The van der Waals surface area contributed by atoms with Crippen LogP contribution in [0.1, 0.15) is 12.3 Å². The summed E-state index contributed by atoms with van der Waals surface area (Å²) in [4.78, 5) is 0. The van der Waals surface area contributed by atoms with Gasteiger partial charge < -0.3 is 20.2 Å². The third kappa shape index (κ3) is 1.96. The standard InChI is InChI=1S/C7H12N4O2/c8-3-6-10-11-7(13-6)9-5-1-2-12-4-5/h5H,1-4,8H2,(H,9,11). The lowest BCUT2D eigenvalue weighted by Gasteiger charge is -2.05. The topological polar surface area (TPSA) is 86.2 Å². The monoisotopic (exact) mass is 184 g/mol. The highest BCUT2D eigenvalue weighted by Gasteiger charge is 2.17. The molecule has 6 heteroatoms. The van der Waals surface area contributed by atoms with Crippen molar-refractivity contribution in [3.63, 3.8) is 0 Å². The van der Waals surface area contributed by atoms with Crippen molar-refractivity contribution in [2.24, 2.45) is 5.73 Å². The van der Waals surface area contributed by atoms with Gasteiger partial charge in [-0.05, 0) is 6.42 Å². The molecule has 72 valence electrons. The molecule has 0 bridgehead atoms. The second-order valence-corrected chi connectivity index (χ2v) is 2.91. The van der Waals surface area contributed by atoms with E-state index in [4.69, 9.17) is 14.9 Å². The van der Waals surface area contributed by atoms with Crippen LogP contribution in [0.4, 0.5) is 6.01 Å². The molecule has 2 heterocycles. The minimum Gasteiger partial charge on any atom is -0.407 e. The molecule has 1 aromatic rings. The molecule has 1 unspecified atom stereocenters. The van der Waals surface area contributed by atoms with Crippen LogP contribution in [0.5, 0.6) is 0 Å². The fourth-order valence-corrected chi connectivity index (χ4v) is 1.22. The quantitative estimate of drug-likeness (QED) is 0.672. The van der Waals surface area contributed by atoms with Gasteiger partial charge in [0.2, 0.25) is 5.89 Å². The summed E-state index contributed by atoms with van der Waals surface area (Å²) in [5, 5.41) is 10.6. The van der Waals surface area contributed by atoms with Crippen molar-refractivity contribution < 1.29 is 9.15 Å². The van der Waals surface area contributed by atoms with E-state index < -0.39 is 0 Å². The number of nitrogens with one attached hydrogen (secondary N) is 1. The highest BCUT2D eigenvalue weighted by atomic mass is 16.5. The van der Waals surface area contributed by atoms with E-state index in [1.807, 2.05) is 0 Å². The van der Waals surface area contributed by atoms with Crippen LogP contribution in [0.25, 0.3) is 0 Å². The maximum Gasteiger partial charge on any atom is 0.315 e. The van der Waals surface area contributed by atoms with E-state index in [2.05, 4.69) is 15.5 Å². The number of aromatic nitrogens is 2. The molecule has 1 aliphatic rings. The van der Waals surface area contributed by atoms with Crippen molar-refractivity contribution in [3.05, 3.63) is 5.89 Å². The Morgan fingerprint density at radius 2 is 2.46 bits per heavy atom. The normalized spacial score (nSPS) is 22.1. The Morgan fingerprint density at radius 1 is 1.54 bits per heavy atom. The summed E-state index contributed by atoms with van der Waals surface area (Å²) in [6.07, 6.45) is 0.973. The van der Waals surface area contributed by atoms with E-state index in [0.29, 0.717) is 18.5 Å². The Hall–Kier alpha value is -1.14. The van der Waals surface area contributed by atoms with Crippen molar-refractivity contribution in [3.8, 4) is 0 Å². The summed E-state index contributed by atoms with van der Waals surface area (Å²) < 4.78 is 10.4. The maximum absolute atomic E-state index is 5.32. The third-order valence-electron chi connectivity index (χ3n) is 1.90. The van der Waals surface area contributed by atoms with Crippen LogP contribution in [0.15, 0.2) is 4.42 Å². The Kier molecular flexibility index (Phi) is 2.42. The summed E-state index contributed by atoms with van der Waals surface area (Å²) in [7, 11) is 0. The van der Waals surface area contributed by atoms with Crippen LogP contribution in [0.2, 0.25) is 0 Å². The van der Waals surface area contributed by atoms with Crippen LogP contribution in [-0.2, 0) is 11.3 Å². The smallest absolute Gasteiger partial charge is 0.315 e. The molecule has 0 saturated carbocycles. The van der Waals surface area contributed by atoms with Crippen molar-refractivity contribution in [2.75, 3.05) is 18.5 Å². The first kappa shape index (κ1) is 8.46. The van der Waals surface area contributed by atoms with Gasteiger partial charge in [0.15, 0.2) is 0 Å². The fourth-order valence-electron chi connectivity index (χ4n) is 1.22. The lowest BCUT2D eigenvalue weighted by atomic mass is 10.3. The predicted octanol–water partition coefficient (Wildman–Crippen LogP) is -0.271. The fraction of sp³-hybridized carbons (Fsp3) is 0.714. The molecule has 3 N–H and O–H groups in total. The van der Waals surface area contributed by atoms with Crippen LogP contribution < -0.4 is 11.1 Å². The second-order valence-electron chi connectivity index (χ2n) is 2.91. The minimum absolute atomic E-state index is 0.274. The molecule has 1 aliphatic heterocycles. The first-order chi connectivity index (χ1) is 6.38. The molecule has 1 aromatic heterocycles. The van der Waals surface area contributed by atoms with Gasteiger partial charge in [0.05, 0.1) is 19.2 Å². The summed E-state index contributed by atoms with van der Waals surface area (Å²) in [6.45, 7) is 1.76. The molecule has 1 atom stereocenters. The lowest BCUT2D eigenvalue weighted by Crippen LogP contribution is -2.18. The van der Waals surface area contributed by atoms with Crippen molar-refractivity contribution in [1.82, 2.24) is 10.2 Å². The Labute approximate surface area is 75.5 Å². The van der Waals surface area contributed by atoms with Crippen LogP contribution in [-0.4, -0.2) is 29.5 Å². The van der Waals surface area contributed by atoms with Gasteiger partial charge in [-0.1, -0.05) is 5.10 Å². The minimum atomic E-state index is 0.274. The molecule has 6 nitrogen and oxygen atoms in total. The van der Waals surface area contributed by atoms with Crippen molar-refractivity contribution >= 4 is 6.01 Å². The zero-order valence-corrected chi connectivity index (χ0v) is 7.19. The zero-order valence-electron chi connectivity index (χ0n) is 7.19. The molecule has 1 saturated heterocycles. The maximum atomic E-state index is 5.32. The molecule has 0 aromatic carbocycles. The number of ether oxygens (including phenoxy) is 1. The van der Waals surface area contributed by atoms with Gasteiger partial charge in [0.25, 0.3) is 0 Å². The first-order valence-corrected chi connectivity index (χ1v) is 4.25. The van der Waals surface area contributed by atoms with Gasteiger partial charge in [0, 0.05) is 6.61 Å². The summed E-state index contributed by atoms with van der Waals surface area (Å²) in [6, 6.07) is 0.710. The molecular formula is C7H12N4O2. The summed E-state index contributed by atoms with van der Waals surface area (Å²) in [5.74, 6) is 0.446. The summed E-state index contributed by atoms with van der Waals surface area (Å²) in [5.41, 5.74) is 5.32. The van der Waals surface area contributed by atoms with E-state index in [1.54, 1.807) is 0 Å². The van der Waals surface area contributed by atoms with Crippen molar-refractivity contribution in [1.29, 1.82) is 0 Å². The first-order valence-electron chi connectivity index (χ1n) is 4.25. The number of rotatable bonds is 3. The van der Waals surface area contributed by atoms with Gasteiger partial charge in [-0.25, -0.2) is 0 Å². The Morgan fingerprint density at radius 3 is 3.08 bits per heavy atom. The van der Waals surface area contributed by atoms with Gasteiger partial charge >= 0.3 is 6.01 Å². The number of hydrogen-bond acceptors (Lipinski definition) is 6. The molecule has 0 spiro atoms. The lowest BCUT2D eigenvalue weighted by molar-refractivity contribution is 0.195. The average Bonchev–Trinajstić information content (AvgIpc) is 2.76. The van der Waals surface area contributed by atoms with Crippen LogP contribution in [0.3, 0.4) is 0 Å². The van der Waals surface area contributed by atoms with Crippen LogP contribution >= 0.6 is 0 Å². The number of nitrogens with zero attached hydrogens (tertiary/aromatic N) is 2. The molecule has 0 aliphatic carbocycles. The van der Waals surface area contributed by atoms with E-state index in [0.717, 1.165) is 13.0 Å². The second kappa shape index (κ2) is 3.71. The Bertz CT molecular complexity index is 269. The zero-order chi connectivity index (χ0) is 9.10. The van der Waals surface area contributed by atoms with Gasteiger partial charge in [-0.2, -0.15) is 0 Å². The number of hydrogen-bond donors (Lipinski definition) is 2. The van der Waals surface area contributed by atoms with E-state index >= 15 is 0 Å². The van der Waals surface area contributed by atoms with Gasteiger partial charge in [-0.3, -0.25) is 0 Å². The summed E-state index contributed by atoms with van der Waals surface area (Å²) >= 11 is 0. The molecule has 0 radical (unpaired) electrons. The molecular weight excluding hydrogens is 172 g/mol. The molecule has 1 fully saturated rings. The number of anilines is 1. The molecule has 0 amide bonds. The SMILES string of the molecule is NCc1nnc(NC2CCOC2)o1. The third-order valence-corrected chi connectivity index (χ3v) is 1.90. The largest absolute Gasteiger partial charge is 0.407 e. The Balaban J connectivity index is 1.92. The van der Waals surface area contributed by atoms with E-state index in [-0.39, 0.29) is 12.6 Å². The van der Waals surface area contributed by atoms with Crippen LogP contribution in [0, 0.1) is 0 Å². The van der Waals surface area contributed by atoms with E-state index in [9.17, 15) is 0 Å².